The number of rotatable bonds is 7. The molecular weight excluding hydrogens is 244 g/mol. The highest BCUT2D eigenvalue weighted by Gasteiger charge is 2.21. The van der Waals surface area contributed by atoms with E-state index in [1.807, 2.05) is 0 Å². The van der Waals surface area contributed by atoms with E-state index < -0.39 is 21.7 Å². The zero-order valence-corrected chi connectivity index (χ0v) is 11.6. The Morgan fingerprint density at radius 3 is 2.29 bits per heavy atom. The molecule has 7 heteroatoms. The third-order valence-corrected chi connectivity index (χ3v) is 3.42. The summed E-state index contributed by atoms with van der Waals surface area (Å²) < 4.78 is 28.2. The standard InChI is InChI=1S/C10H22N2O4S/c1-8(6-5-7-9(13)14)11-17(15,16)12-10(2,3)4/h8,11-12H,5-7H2,1-4H3,(H,13,14). The van der Waals surface area contributed by atoms with Gasteiger partial charge in [-0.05, 0) is 40.5 Å². The van der Waals surface area contributed by atoms with Gasteiger partial charge in [0, 0.05) is 18.0 Å². The second-order valence-corrected chi connectivity index (χ2v) is 6.61. The van der Waals surface area contributed by atoms with Crippen molar-refractivity contribution >= 4 is 16.2 Å². The SMILES string of the molecule is CC(CCCC(=O)O)NS(=O)(=O)NC(C)(C)C. The molecule has 0 aromatic carbocycles. The Morgan fingerprint density at radius 1 is 1.35 bits per heavy atom. The first-order chi connectivity index (χ1) is 7.52. The number of aliphatic carboxylic acids is 1. The van der Waals surface area contributed by atoms with Gasteiger partial charge in [-0.15, -0.1) is 0 Å². The third-order valence-electron chi connectivity index (χ3n) is 1.82. The van der Waals surface area contributed by atoms with E-state index in [9.17, 15) is 13.2 Å². The molecule has 0 amide bonds. The highest BCUT2D eigenvalue weighted by atomic mass is 32.2. The molecule has 17 heavy (non-hydrogen) atoms. The molecule has 6 nitrogen and oxygen atoms in total. The van der Waals surface area contributed by atoms with Gasteiger partial charge >= 0.3 is 5.97 Å². The minimum atomic E-state index is -3.54. The molecule has 0 aliphatic carbocycles. The van der Waals surface area contributed by atoms with E-state index in [-0.39, 0.29) is 12.5 Å². The summed E-state index contributed by atoms with van der Waals surface area (Å²) in [6, 6.07) is -0.283. The van der Waals surface area contributed by atoms with E-state index in [4.69, 9.17) is 5.11 Å². The fraction of sp³-hybridized carbons (Fsp3) is 0.900. The molecule has 0 rings (SSSR count). The Balaban J connectivity index is 4.10. The van der Waals surface area contributed by atoms with Gasteiger partial charge in [-0.25, -0.2) is 0 Å². The molecule has 3 N–H and O–H groups in total. The van der Waals surface area contributed by atoms with Gasteiger partial charge in [0.25, 0.3) is 10.2 Å². The van der Waals surface area contributed by atoms with Crippen LogP contribution in [0.15, 0.2) is 0 Å². The molecule has 0 bridgehead atoms. The van der Waals surface area contributed by atoms with Gasteiger partial charge in [-0.3, -0.25) is 4.79 Å². The Labute approximate surface area is 103 Å². The molecule has 0 saturated carbocycles. The summed E-state index contributed by atoms with van der Waals surface area (Å²) in [5.41, 5.74) is -0.535. The van der Waals surface area contributed by atoms with Crippen LogP contribution in [0.1, 0.15) is 47.0 Å². The molecule has 1 unspecified atom stereocenters. The molecule has 0 aromatic rings. The summed E-state index contributed by atoms with van der Waals surface area (Å²) in [7, 11) is -3.54. The van der Waals surface area contributed by atoms with Crippen molar-refractivity contribution in [1.82, 2.24) is 9.44 Å². The van der Waals surface area contributed by atoms with Crippen LogP contribution in [0.25, 0.3) is 0 Å². The molecule has 0 fully saturated rings. The lowest BCUT2D eigenvalue weighted by atomic mass is 10.1. The lowest BCUT2D eigenvalue weighted by Gasteiger charge is -2.22. The molecular formula is C10H22N2O4S. The Hall–Kier alpha value is -0.660. The minimum absolute atomic E-state index is 0.0543. The van der Waals surface area contributed by atoms with Crippen molar-refractivity contribution in [3.8, 4) is 0 Å². The van der Waals surface area contributed by atoms with E-state index in [1.54, 1.807) is 27.7 Å². The van der Waals surface area contributed by atoms with E-state index in [2.05, 4.69) is 9.44 Å². The molecule has 0 aromatic heterocycles. The number of carboxylic acids is 1. The largest absolute Gasteiger partial charge is 0.481 e. The molecule has 0 heterocycles. The molecule has 0 saturated heterocycles. The second kappa shape index (κ2) is 6.32. The van der Waals surface area contributed by atoms with Gasteiger partial charge in [0.2, 0.25) is 0 Å². The van der Waals surface area contributed by atoms with Crippen LogP contribution in [0, 0.1) is 0 Å². The number of carbonyl (C=O) groups is 1. The Bertz CT molecular complexity index is 346. The first-order valence-corrected chi connectivity index (χ1v) is 7.03. The summed E-state index contributed by atoms with van der Waals surface area (Å²) in [6.07, 6.45) is 1.00. The number of hydrogen-bond donors (Lipinski definition) is 3. The van der Waals surface area contributed by atoms with Crippen molar-refractivity contribution in [3.63, 3.8) is 0 Å². The van der Waals surface area contributed by atoms with E-state index >= 15 is 0 Å². The second-order valence-electron chi connectivity index (χ2n) is 5.16. The van der Waals surface area contributed by atoms with Crippen LogP contribution in [0.5, 0.6) is 0 Å². The summed E-state index contributed by atoms with van der Waals surface area (Å²) in [6.45, 7) is 6.97. The predicted octanol–water partition coefficient (Wildman–Crippen LogP) is 0.852. The van der Waals surface area contributed by atoms with Crippen LogP contribution < -0.4 is 9.44 Å². The quantitative estimate of drug-likeness (QED) is 0.636. The lowest BCUT2D eigenvalue weighted by Crippen LogP contribution is -2.49. The van der Waals surface area contributed by atoms with Gasteiger partial charge in [0.1, 0.15) is 0 Å². The first-order valence-electron chi connectivity index (χ1n) is 5.55. The molecule has 0 aliphatic heterocycles. The molecule has 102 valence electrons. The van der Waals surface area contributed by atoms with Gasteiger partial charge < -0.3 is 5.11 Å². The molecule has 0 aliphatic rings. The maximum atomic E-state index is 11.6. The first kappa shape index (κ1) is 16.3. The molecule has 1 atom stereocenters. The fourth-order valence-electron chi connectivity index (χ4n) is 1.32. The zero-order chi connectivity index (χ0) is 13.7. The van der Waals surface area contributed by atoms with Crippen LogP contribution in [-0.4, -0.2) is 31.1 Å². The summed E-state index contributed by atoms with van der Waals surface area (Å²) in [5.74, 6) is -0.868. The van der Waals surface area contributed by atoms with Gasteiger partial charge in [-0.2, -0.15) is 17.9 Å². The fourth-order valence-corrected chi connectivity index (χ4v) is 2.83. The van der Waals surface area contributed by atoms with Gasteiger partial charge in [0.15, 0.2) is 0 Å². The van der Waals surface area contributed by atoms with Gasteiger partial charge in [-0.1, -0.05) is 0 Å². The minimum Gasteiger partial charge on any atom is -0.481 e. The lowest BCUT2D eigenvalue weighted by molar-refractivity contribution is -0.137. The Kier molecular flexibility index (Phi) is 6.08. The topological polar surface area (TPSA) is 95.5 Å². The van der Waals surface area contributed by atoms with Crippen LogP contribution >= 0.6 is 0 Å². The number of carboxylic acid groups (broad SMARTS) is 1. The smallest absolute Gasteiger partial charge is 0.303 e. The molecule has 0 radical (unpaired) electrons. The van der Waals surface area contributed by atoms with Crippen LogP contribution in [0.4, 0.5) is 0 Å². The van der Waals surface area contributed by atoms with E-state index in [0.717, 1.165) is 0 Å². The summed E-state index contributed by atoms with van der Waals surface area (Å²) in [5, 5.41) is 8.46. The van der Waals surface area contributed by atoms with Crippen LogP contribution in [-0.2, 0) is 15.0 Å². The predicted molar refractivity (Wildman–Crippen MR) is 65.9 cm³/mol. The van der Waals surface area contributed by atoms with Crippen molar-refractivity contribution in [2.24, 2.45) is 0 Å². The Morgan fingerprint density at radius 2 is 1.88 bits per heavy atom. The van der Waals surface area contributed by atoms with Crippen molar-refractivity contribution in [2.75, 3.05) is 0 Å². The van der Waals surface area contributed by atoms with Crippen molar-refractivity contribution in [3.05, 3.63) is 0 Å². The summed E-state index contributed by atoms with van der Waals surface area (Å²) >= 11 is 0. The third kappa shape index (κ3) is 10.2. The number of nitrogens with one attached hydrogen (secondary N) is 2. The normalized spacial score (nSPS) is 14.6. The maximum absolute atomic E-state index is 11.6. The van der Waals surface area contributed by atoms with Gasteiger partial charge in [0.05, 0.1) is 0 Å². The number of hydrogen-bond acceptors (Lipinski definition) is 3. The highest BCUT2D eigenvalue weighted by Crippen LogP contribution is 2.04. The molecule has 0 spiro atoms. The van der Waals surface area contributed by atoms with Crippen LogP contribution in [0.3, 0.4) is 0 Å². The summed E-state index contributed by atoms with van der Waals surface area (Å²) in [4.78, 5) is 10.3. The van der Waals surface area contributed by atoms with Crippen LogP contribution in [0.2, 0.25) is 0 Å². The highest BCUT2D eigenvalue weighted by molar-refractivity contribution is 7.87. The average Bonchev–Trinajstić information content (AvgIpc) is 1.95. The average molecular weight is 266 g/mol. The monoisotopic (exact) mass is 266 g/mol. The zero-order valence-electron chi connectivity index (χ0n) is 10.8. The van der Waals surface area contributed by atoms with E-state index in [0.29, 0.717) is 12.8 Å². The van der Waals surface area contributed by atoms with Crippen molar-refractivity contribution < 1.29 is 18.3 Å². The maximum Gasteiger partial charge on any atom is 0.303 e. The van der Waals surface area contributed by atoms with Crippen molar-refractivity contribution in [1.29, 1.82) is 0 Å². The van der Waals surface area contributed by atoms with Crippen molar-refractivity contribution in [2.45, 2.75) is 58.5 Å². The van der Waals surface area contributed by atoms with E-state index in [1.165, 1.54) is 0 Å².